The molecule has 1 unspecified atom stereocenters. The van der Waals surface area contributed by atoms with Crippen molar-refractivity contribution < 1.29 is 9.13 Å². The molecule has 2 nitrogen and oxygen atoms in total. The van der Waals surface area contributed by atoms with Gasteiger partial charge in [-0.3, -0.25) is 0 Å². The Kier molecular flexibility index (Phi) is 5.65. The molecule has 0 aliphatic heterocycles. The second kappa shape index (κ2) is 7.48. The molecule has 0 fully saturated rings. The summed E-state index contributed by atoms with van der Waals surface area (Å²) < 4.78 is 18.5. The average molecular weight is 305 g/mol. The van der Waals surface area contributed by atoms with Crippen LogP contribution < -0.4 is 10.5 Å². The van der Waals surface area contributed by atoms with Crippen molar-refractivity contribution in [3.05, 3.63) is 59.4 Å². The predicted molar refractivity (Wildman–Crippen MR) is 86.5 cm³/mol. The fourth-order valence-electron chi connectivity index (χ4n) is 2.11. The second-order valence-corrected chi connectivity index (χ2v) is 6.15. The van der Waals surface area contributed by atoms with Crippen LogP contribution in [0.4, 0.5) is 4.39 Å². The Morgan fingerprint density at radius 2 is 2.05 bits per heavy atom. The van der Waals surface area contributed by atoms with Gasteiger partial charge in [0.2, 0.25) is 0 Å². The van der Waals surface area contributed by atoms with Gasteiger partial charge in [-0.05, 0) is 43.2 Å². The Morgan fingerprint density at radius 3 is 2.71 bits per heavy atom. The van der Waals surface area contributed by atoms with Gasteiger partial charge in [0.25, 0.3) is 0 Å². The first-order chi connectivity index (χ1) is 10.1. The molecule has 2 N–H and O–H groups in total. The van der Waals surface area contributed by atoms with E-state index in [1.54, 1.807) is 17.8 Å². The van der Waals surface area contributed by atoms with Gasteiger partial charge in [-0.25, -0.2) is 4.39 Å². The molecule has 112 valence electrons. The number of hydrogen-bond donors (Lipinski definition) is 1. The molecular formula is C17H20FNOS. The quantitative estimate of drug-likeness (QED) is 0.824. The standard InChI is InChI=1S/C17H20FNOS/c1-12-4-3-5-15(8-12)21-11-14(19)9-13-6-7-17(20-2)16(18)10-13/h3-8,10,14H,9,11,19H2,1-2H3. The summed E-state index contributed by atoms with van der Waals surface area (Å²) in [5.74, 6) is 0.729. The molecule has 2 rings (SSSR count). The Balaban J connectivity index is 1.89. The number of rotatable bonds is 6. The van der Waals surface area contributed by atoms with Gasteiger partial charge in [-0.2, -0.15) is 0 Å². The normalized spacial score (nSPS) is 12.2. The molecule has 0 bridgehead atoms. The zero-order chi connectivity index (χ0) is 15.2. The number of halogens is 1. The molecule has 0 amide bonds. The molecule has 4 heteroatoms. The molecule has 0 radical (unpaired) electrons. The van der Waals surface area contributed by atoms with E-state index in [1.165, 1.54) is 23.6 Å². The van der Waals surface area contributed by atoms with Crippen molar-refractivity contribution in [1.29, 1.82) is 0 Å². The molecule has 2 aromatic rings. The number of hydrogen-bond acceptors (Lipinski definition) is 3. The van der Waals surface area contributed by atoms with E-state index in [9.17, 15) is 4.39 Å². The maximum Gasteiger partial charge on any atom is 0.165 e. The van der Waals surface area contributed by atoms with E-state index in [2.05, 4.69) is 25.1 Å². The minimum atomic E-state index is -0.339. The maximum absolute atomic E-state index is 13.6. The fraction of sp³-hybridized carbons (Fsp3) is 0.294. The summed E-state index contributed by atoms with van der Waals surface area (Å²) in [6, 6.07) is 13.3. The van der Waals surface area contributed by atoms with Crippen LogP contribution in [0.25, 0.3) is 0 Å². The van der Waals surface area contributed by atoms with Crippen LogP contribution in [0, 0.1) is 12.7 Å². The van der Waals surface area contributed by atoms with E-state index < -0.39 is 0 Å². The first kappa shape index (κ1) is 15.9. The third-order valence-electron chi connectivity index (χ3n) is 3.17. The summed E-state index contributed by atoms with van der Waals surface area (Å²) in [4.78, 5) is 1.21. The van der Waals surface area contributed by atoms with E-state index in [0.717, 1.165) is 11.3 Å². The topological polar surface area (TPSA) is 35.2 Å². The van der Waals surface area contributed by atoms with Gasteiger partial charge in [-0.1, -0.05) is 23.8 Å². The summed E-state index contributed by atoms with van der Waals surface area (Å²) in [6.45, 7) is 2.07. The number of ether oxygens (including phenoxy) is 1. The molecule has 0 saturated heterocycles. The molecule has 2 aromatic carbocycles. The van der Waals surface area contributed by atoms with Crippen LogP contribution >= 0.6 is 11.8 Å². The Labute approximate surface area is 129 Å². The fourth-order valence-corrected chi connectivity index (χ4v) is 3.08. The van der Waals surface area contributed by atoms with Crippen LogP contribution in [0.2, 0.25) is 0 Å². The highest BCUT2D eigenvalue weighted by atomic mass is 32.2. The van der Waals surface area contributed by atoms with Crippen LogP contribution in [0.3, 0.4) is 0 Å². The van der Waals surface area contributed by atoms with Crippen molar-refractivity contribution in [2.75, 3.05) is 12.9 Å². The van der Waals surface area contributed by atoms with Crippen LogP contribution in [-0.4, -0.2) is 18.9 Å². The molecule has 1 atom stereocenters. The van der Waals surface area contributed by atoms with Crippen molar-refractivity contribution in [1.82, 2.24) is 0 Å². The first-order valence-electron chi connectivity index (χ1n) is 6.86. The third-order valence-corrected chi connectivity index (χ3v) is 4.35. The summed E-state index contributed by atoms with van der Waals surface area (Å²) in [5, 5.41) is 0. The lowest BCUT2D eigenvalue weighted by atomic mass is 10.1. The van der Waals surface area contributed by atoms with Crippen molar-refractivity contribution in [2.45, 2.75) is 24.3 Å². The van der Waals surface area contributed by atoms with Gasteiger partial charge in [0.1, 0.15) is 0 Å². The van der Waals surface area contributed by atoms with Crippen molar-refractivity contribution in [3.63, 3.8) is 0 Å². The molecule has 0 aromatic heterocycles. The summed E-state index contributed by atoms with van der Waals surface area (Å²) in [6.07, 6.45) is 0.653. The van der Waals surface area contributed by atoms with Crippen LogP contribution in [-0.2, 0) is 6.42 Å². The van der Waals surface area contributed by atoms with E-state index in [4.69, 9.17) is 10.5 Å². The van der Waals surface area contributed by atoms with Gasteiger partial charge in [0.15, 0.2) is 11.6 Å². The Bertz CT molecular complexity index is 603. The van der Waals surface area contributed by atoms with Crippen molar-refractivity contribution in [3.8, 4) is 5.75 Å². The molecule has 0 heterocycles. The van der Waals surface area contributed by atoms with E-state index in [0.29, 0.717) is 6.42 Å². The first-order valence-corrected chi connectivity index (χ1v) is 7.84. The Hall–Kier alpha value is -1.52. The predicted octanol–water partition coefficient (Wildman–Crippen LogP) is 3.80. The molecule has 0 spiro atoms. The lowest BCUT2D eigenvalue weighted by Crippen LogP contribution is -2.25. The lowest BCUT2D eigenvalue weighted by molar-refractivity contribution is 0.386. The van der Waals surface area contributed by atoms with E-state index in [-0.39, 0.29) is 17.6 Å². The molecule has 21 heavy (non-hydrogen) atoms. The average Bonchev–Trinajstić information content (AvgIpc) is 2.45. The summed E-state index contributed by atoms with van der Waals surface area (Å²) in [5.41, 5.74) is 8.27. The Morgan fingerprint density at radius 1 is 1.24 bits per heavy atom. The number of benzene rings is 2. The smallest absolute Gasteiger partial charge is 0.165 e. The summed E-state index contributed by atoms with van der Waals surface area (Å²) >= 11 is 1.73. The minimum Gasteiger partial charge on any atom is -0.494 e. The number of nitrogens with two attached hydrogens (primary N) is 1. The van der Waals surface area contributed by atoms with Gasteiger partial charge < -0.3 is 10.5 Å². The van der Waals surface area contributed by atoms with Gasteiger partial charge in [0.05, 0.1) is 7.11 Å². The van der Waals surface area contributed by atoms with Crippen LogP contribution in [0.5, 0.6) is 5.75 Å². The zero-order valence-corrected chi connectivity index (χ0v) is 13.1. The highest BCUT2D eigenvalue weighted by Gasteiger charge is 2.08. The van der Waals surface area contributed by atoms with Crippen molar-refractivity contribution >= 4 is 11.8 Å². The minimum absolute atomic E-state index is 0.0108. The lowest BCUT2D eigenvalue weighted by Gasteiger charge is -2.12. The van der Waals surface area contributed by atoms with E-state index in [1.807, 2.05) is 12.1 Å². The molecule has 0 saturated carbocycles. The van der Waals surface area contributed by atoms with Gasteiger partial charge in [-0.15, -0.1) is 11.8 Å². The molecule has 0 aliphatic carbocycles. The maximum atomic E-state index is 13.6. The number of methoxy groups -OCH3 is 1. The second-order valence-electron chi connectivity index (χ2n) is 5.06. The monoisotopic (exact) mass is 305 g/mol. The van der Waals surface area contributed by atoms with Crippen LogP contribution in [0.1, 0.15) is 11.1 Å². The third kappa shape index (κ3) is 4.76. The van der Waals surface area contributed by atoms with Crippen molar-refractivity contribution in [2.24, 2.45) is 5.73 Å². The van der Waals surface area contributed by atoms with E-state index >= 15 is 0 Å². The molecular weight excluding hydrogens is 285 g/mol. The van der Waals surface area contributed by atoms with Crippen LogP contribution in [0.15, 0.2) is 47.4 Å². The SMILES string of the molecule is COc1ccc(CC(N)CSc2cccc(C)c2)cc1F. The number of aryl methyl sites for hydroxylation is 1. The van der Waals surface area contributed by atoms with Gasteiger partial charge in [0, 0.05) is 16.7 Å². The highest BCUT2D eigenvalue weighted by molar-refractivity contribution is 7.99. The summed E-state index contributed by atoms with van der Waals surface area (Å²) in [7, 11) is 1.46. The molecule has 0 aliphatic rings. The van der Waals surface area contributed by atoms with Gasteiger partial charge >= 0.3 is 0 Å². The highest BCUT2D eigenvalue weighted by Crippen LogP contribution is 2.22. The largest absolute Gasteiger partial charge is 0.494 e. The number of thioether (sulfide) groups is 1. The zero-order valence-electron chi connectivity index (χ0n) is 12.3.